The van der Waals surface area contributed by atoms with Crippen LogP contribution in [0, 0.1) is 0 Å². The van der Waals surface area contributed by atoms with Gasteiger partial charge in [0.05, 0.1) is 11.5 Å². The number of benzene rings is 1. The maximum atomic E-state index is 12.3. The largest absolute Gasteiger partial charge is 0.456 e. The second kappa shape index (κ2) is 11.2. The Labute approximate surface area is 189 Å². The van der Waals surface area contributed by atoms with Gasteiger partial charge in [-0.1, -0.05) is 18.2 Å². The van der Waals surface area contributed by atoms with E-state index < -0.39 is 52.5 Å². The van der Waals surface area contributed by atoms with Crippen LogP contribution in [0.2, 0.25) is 0 Å². The molecule has 2 rings (SSSR count). The Morgan fingerprint density at radius 1 is 0.969 bits per heavy atom. The first kappa shape index (κ1) is 25.5. The van der Waals surface area contributed by atoms with Crippen LogP contribution < -0.4 is 15.6 Å². The van der Waals surface area contributed by atoms with Gasteiger partial charge in [0.15, 0.2) is 29.7 Å². The third kappa shape index (κ3) is 7.40. The highest BCUT2D eigenvalue weighted by Crippen LogP contribution is 2.23. The number of esters is 3. The van der Waals surface area contributed by atoms with E-state index in [9.17, 15) is 22.8 Å². The Hall–Kier alpha value is -2.81. The second-order valence-corrected chi connectivity index (χ2v) is 8.66. The number of ether oxygens (including phenoxy) is 4. The molecule has 0 unspecified atom stereocenters. The second-order valence-electron chi connectivity index (χ2n) is 6.57. The van der Waals surface area contributed by atoms with Crippen LogP contribution in [0.25, 0.3) is 0 Å². The predicted molar refractivity (Wildman–Crippen MR) is 112 cm³/mol. The fourth-order valence-electron chi connectivity index (χ4n) is 2.80. The molecule has 1 heterocycles. The third-order valence-corrected chi connectivity index (χ3v) is 5.46. The number of rotatable bonds is 7. The van der Waals surface area contributed by atoms with Crippen molar-refractivity contribution in [1.82, 2.24) is 15.6 Å². The summed E-state index contributed by atoms with van der Waals surface area (Å²) in [5.41, 5.74) is 2.31. The first-order valence-electron chi connectivity index (χ1n) is 9.26. The van der Waals surface area contributed by atoms with E-state index in [0.717, 1.165) is 20.8 Å². The van der Waals surface area contributed by atoms with E-state index >= 15 is 0 Å². The van der Waals surface area contributed by atoms with Gasteiger partial charge in [-0.2, -0.15) is 0 Å². The van der Waals surface area contributed by atoms with Gasteiger partial charge in [0.1, 0.15) is 0 Å². The van der Waals surface area contributed by atoms with Gasteiger partial charge in [-0.25, -0.2) is 8.42 Å². The van der Waals surface area contributed by atoms with Crippen molar-refractivity contribution in [3.05, 3.63) is 30.3 Å². The lowest BCUT2D eigenvalue weighted by atomic mass is 10.0. The molecule has 1 aliphatic rings. The van der Waals surface area contributed by atoms with E-state index in [1.54, 1.807) is 18.2 Å². The fraction of sp³-hybridized carbons (Fsp3) is 0.444. The average Bonchev–Trinajstić information content (AvgIpc) is 2.70. The van der Waals surface area contributed by atoms with Crippen molar-refractivity contribution in [2.24, 2.45) is 0 Å². The summed E-state index contributed by atoms with van der Waals surface area (Å²) in [6, 6.07) is 7.55. The zero-order chi connectivity index (χ0) is 23.9. The van der Waals surface area contributed by atoms with Crippen molar-refractivity contribution in [2.75, 3.05) is 6.61 Å². The fourth-order valence-corrected chi connectivity index (χ4v) is 3.90. The first-order valence-corrected chi connectivity index (χ1v) is 11.2. The number of hydrogen-bond donors (Lipinski definition) is 3. The zero-order valence-electron chi connectivity index (χ0n) is 17.4. The van der Waals surface area contributed by atoms with Crippen LogP contribution in [-0.2, 0) is 43.4 Å². The lowest BCUT2D eigenvalue weighted by Gasteiger charge is -2.40. The molecule has 0 amide bonds. The molecule has 3 N–H and O–H groups in total. The number of hydrazine groups is 1. The van der Waals surface area contributed by atoms with Crippen LogP contribution in [0.4, 0.5) is 0 Å². The maximum Gasteiger partial charge on any atom is 0.303 e. The van der Waals surface area contributed by atoms with Crippen LogP contribution in [0.1, 0.15) is 20.8 Å². The van der Waals surface area contributed by atoms with E-state index in [1.807, 2.05) is 0 Å². The van der Waals surface area contributed by atoms with Crippen molar-refractivity contribution in [1.29, 1.82) is 0 Å². The summed E-state index contributed by atoms with van der Waals surface area (Å²) in [6.07, 6.45) is -4.66. The van der Waals surface area contributed by atoms with Crippen molar-refractivity contribution < 1.29 is 41.7 Å². The van der Waals surface area contributed by atoms with Crippen LogP contribution in [0.15, 0.2) is 35.2 Å². The zero-order valence-corrected chi connectivity index (χ0v) is 19.0. The molecule has 12 nitrogen and oxygen atoms in total. The van der Waals surface area contributed by atoms with Crippen LogP contribution in [0.5, 0.6) is 0 Å². The molecule has 1 aromatic rings. The van der Waals surface area contributed by atoms with Crippen molar-refractivity contribution in [3.8, 4) is 0 Å². The van der Waals surface area contributed by atoms with E-state index in [0.29, 0.717) is 0 Å². The molecule has 0 saturated carbocycles. The molecule has 14 heteroatoms. The highest BCUT2D eigenvalue weighted by molar-refractivity contribution is 7.89. The standard InChI is InChI=1S/C18H23N3O9S2/c1-10(22)28-14-9-27-17(16(30-12(3)24)15(14)29-11(2)23)19-18(31)20-21-32(25,26)13-7-5-4-6-8-13/h4-8,14-17,21H,9H2,1-3H3,(H2,19,20,31)/t14-,15+,16-,17-/m1/s1. The summed E-state index contributed by atoms with van der Waals surface area (Å²) in [6.45, 7) is 3.21. The average molecular weight is 490 g/mol. The number of sulfonamides is 1. The van der Waals surface area contributed by atoms with Crippen molar-refractivity contribution in [2.45, 2.75) is 50.2 Å². The minimum atomic E-state index is -3.92. The summed E-state index contributed by atoms with van der Waals surface area (Å²) < 4.78 is 45.7. The summed E-state index contributed by atoms with van der Waals surface area (Å²) >= 11 is 5.08. The van der Waals surface area contributed by atoms with Crippen molar-refractivity contribution in [3.63, 3.8) is 0 Å². The Morgan fingerprint density at radius 2 is 1.53 bits per heavy atom. The molecule has 0 radical (unpaired) electrons. The minimum absolute atomic E-state index is 0.00107. The predicted octanol–water partition coefficient (Wildman–Crippen LogP) is -0.505. The summed E-state index contributed by atoms with van der Waals surface area (Å²) in [4.78, 5) is 36.7. The summed E-state index contributed by atoms with van der Waals surface area (Å²) in [5, 5.41) is 2.41. The first-order chi connectivity index (χ1) is 15.0. The molecule has 4 atom stereocenters. The SMILES string of the molecule is CC(=O)O[C@@H]1[C@@H](OC(C)=O)[C@H](OC(C)=O)CO[C@H]1NC(=S)NNS(=O)(=O)c1ccccc1. The molecule has 0 aliphatic carbocycles. The number of hydrogen-bond acceptors (Lipinski definition) is 10. The summed E-state index contributed by atoms with van der Waals surface area (Å²) in [5.74, 6) is -2.09. The van der Waals surface area contributed by atoms with Crippen LogP contribution >= 0.6 is 12.2 Å². The van der Waals surface area contributed by atoms with Crippen LogP contribution in [-0.4, -0.2) is 62.6 Å². The van der Waals surface area contributed by atoms with Gasteiger partial charge in [-0.05, 0) is 24.4 Å². The normalized spacial score (nSPS) is 22.8. The minimum Gasteiger partial charge on any atom is -0.456 e. The Balaban J connectivity index is 2.12. The number of nitrogens with one attached hydrogen (secondary N) is 3. The molecule has 1 aromatic carbocycles. The van der Waals surface area contributed by atoms with Gasteiger partial charge in [0.2, 0.25) is 0 Å². The van der Waals surface area contributed by atoms with Gasteiger partial charge in [-0.3, -0.25) is 19.8 Å². The molecule has 1 saturated heterocycles. The monoisotopic (exact) mass is 489 g/mol. The van der Waals surface area contributed by atoms with Gasteiger partial charge in [-0.15, -0.1) is 4.83 Å². The van der Waals surface area contributed by atoms with Crippen molar-refractivity contribution >= 4 is 45.3 Å². The topological polar surface area (TPSA) is 158 Å². The Bertz CT molecular complexity index is 956. The number of carbonyl (C=O) groups is 3. The molecule has 32 heavy (non-hydrogen) atoms. The molecule has 176 valence electrons. The quantitative estimate of drug-likeness (QED) is 0.195. The molecule has 1 fully saturated rings. The molecular weight excluding hydrogens is 466 g/mol. The molecule has 0 spiro atoms. The van der Waals surface area contributed by atoms with Gasteiger partial charge in [0.25, 0.3) is 10.0 Å². The van der Waals surface area contributed by atoms with E-state index in [1.165, 1.54) is 12.1 Å². The van der Waals surface area contributed by atoms with E-state index in [-0.39, 0.29) is 16.6 Å². The van der Waals surface area contributed by atoms with Gasteiger partial charge < -0.3 is 24.3 Å². The maximum absolute atomic E-state index is 12.3. The smallest absolute Gasteiger partial charge is 0.303 e. The van der Waals surface area contributed by atoms with Crippen LogP contribution in [0.3, 0.4) is 0 Å². The summed E-state index contributed by atoms with van der Waals surface area (Å²) in [7, 11) is -3.92. The molecular formula is C18H23N3O9S2. The van der Waals surface area contributed by atoms with Gasteiger partial charge >= 0.3 is 17.9 Å². The number of carbonyl (C=O) groups excluding carboxylic acids is 3. The lowest BCUT2D eigenvalue weighted by molar-refractivity contribution is -0.227. The van der Waals surface area contributed by atoms with E-state index in [2.05, 4.69) is 15.6 Å². The van der Waals surface area contributed by atoms with E-state index in [4.69, 9.17) is 31.2 Å². The number of thiocarbonyl (C=S) groups is 1. The lowest BCUT2D eigenvalue weighted by Crippen LogP contribution is -2.63. The van der Waals surface area contributed by atoms with Gasteiger partial charge in [0, 0.05) is 20.8 Å². The highest BCUT2D eigenvalue weighted by Gasteiger charge is 2.47. The molecule has 1 aliphatic heterocycles. The Morgan fingerprint density at radius 3 is 2.09 bits per heavy atom. The molecule has 0 aromatic heterocycles. The Kier molecular flexibility index (Phi) is 8.89. The highest BCUT2D eigenvalue weighted by atomic mass is 32.2. The molecule has 0 bridgehead atoms. The third-order valence-electron chi connectivity index (χ3n) is 3.98.